The Morgan fingerprint density at radius 2 is 2.06 bits per heavy atom. The van der Waals surface area contributed by atoms with Gasteiger partial charge in [-0.3, -0.25) is 10.1 Å². The first-order chi connectivity index (χ1) is 8.23. The molecule has 4 heteroatoms. The highest BCUT2D eigenvalue weighted by atomic mass is 16.6. The molecule has 0 radical (unpaired) electrons. The quantitative estimate of drug-likeness (QED) is 0.563. The number of rotatable bonds is 1. The van der Waals surface area contributed by atoms with E-state index < -0.39 is 0 Å². The third-order valence-electron chi connectivity index (χ3n) is 4.05. The zero-order chi connectivity index (χ0) is 13.6. The van der Waals surface area contributed by atoms with Crippen LogP contribution < -0.4 is 4.74 Å². The Labute approximate surface area is 107 Å². The number of benzene rings is 1. The lowest BCUT2D eigenvalue weighted by atomic mass is 9.73. The average molecular weight is 249 g/mol. The van der Waals surface area contributed by atoms with Crippen LogP contribution in [0.4, 0.5) is 5.69 Å². The summed E-state index contributed by atoms with van der Waals surface area (Å²) in [4.78, 5) is 10.4. The monoisotopic (exact) mass is 249 g/mol. The van der Waals surface area contributed by atoms with Gasteiger partial charge in [-0.1, -0.05) is 20.8 Å². The van der Waals surface area contributed by atoms with Crippen molar-refractivity contribution in [1.29, 1.82) is 0 Å². The van der Waals surface area contributed by atoms with E-state index >= 15 is 0 Å². The number of nitro benzene ring substituents is 1. The van der Waals surface area contributed by atoms with Gasteiger partial charge in [0.2, 0.25) is 0 Å². The average Bonchev–Trinajstić information content (AvgIpc) is 2.26. The normalized spacial score (nSPS) is 23.1. The Bertz CT molecular complexity index is 490. The lowest BCUT2D eigenvalue weighted by molar-refractivity contribution is -0.385. The minimum absolute atomic E-state index is 0.0342. The molecular weight excluding hydrogens is 230 g/mol. The number of hydrogen-bond donors (Lipinski definition) is 0. The summed E-state index contributed by atoms with van der Waals surface area (Å²) in [6, 6.07) is 4.85. The fourth-order valence-corrected chi connectivity index (χ4v) is 2.17. The number of nitrogens with zero attached hydrogens (tertiary/aromatic N) is 1. The molecule has 1 aromatic carbocycles. The van der Waals surface area contributed by atoms with E-state index in [9.17, 15) is 10.1 Å². The molecule has 4 nitrogen and oxygen atoms in total. The van der Waals surface area contributed by atoms with Crippen LogP contribution in [0.15, 0.2) is 18.2 Å². The van der Waals surface area contributed by atoms with E-state index in [-0.39, 0.29) is 21.6 Å². The molecule has 18 heavy (non-hydrogen) atoms. The van der Waals surface area contributed by atoms with E-state index in [0.29, 0.717) is 0 Å². The summed E-state index contributed by atoms with van der Waals surface area (Å²) in [5.74, 6) is 0.782. The molecule has 1 aromatic rings. The predicted molar refractivity (Wildman–Crippen MR) is 69.9 cm³/mol. The van der Waals surface area contributed by atoms with Crippen LogP contribution in [0.25, 0.3) is 0 Å². The van der Waals surface area contributed by atoms with Crippen LogP contribution in [-0.2, 0) is 6.42 Å². The zero-order valence-corrected chi connectivity index (χ0v) is 11.3. The van der Waals surface area contributed by atoms with Crippen molar-refractivity contribution in [2.24, 2.45) is 5.41 Å². The molecule has 0 aliphatic carbocycles. The smallest absolute Gasteiger partial charge is 0.269 e. The number of ether oxygens (including phenoxy) is 1. The molecule has 0 N–H and O–H groups in total. The van der Waals surface area contributed by atoms with Crippen molar-refractivity contribution >= 4 is 5.69 Å². The molecule has 0 amide bonds. The van der Waals surface area contributed by atoms with Crippen molar-refractivity contribution in [3.8, 4) is 5.75 Å². The second-order valence-electron chi connectivity index (χ2n) is 6.13. The zero-order valence-electron chi connectivity index (χ0n) is 11.3. The molecule has 2 rings (SSSR count). The molecule has 0 spiro atoms. The molecule has 0 saturated carbocycles. The Hall–Kier alpha value is -1.58. The summed E-state index contributed by atoms with van der Waals surface area (Å²) in [6.07, 6.45) is 1.70. The second-order valence-corrected chi connectivity index (χ2v) is 6.13. The van der Waals surface area contributed by atoms with Gasteiger partial charge in [0.1, 0.15) is 11.4 Å². The van der Waals surface area contributed by atoms with Gasteiger partial charge in [0.15, 0.2) is 0 Å². The van der Waals surface area contributed by atoms with Crippen molar-refractivity contribution < 1.29 is 9.66 Å². The minimum atomic E-state index is -0.363. The van der Waals surface area contributed by atoms with Crippen molar-refractivity contribution in [3.63, 3.8) is 0 Å². The third kappa shape index (κ3) is 2.07. The molecule has 0 bridgehead atoms. The third-order valence-corrected chi connectivity index (χ3v) is 4.05. The number of aryl methyl sites for hydroxylation is 1. The predicted octanol–water partition coefficient (Wildman–Crippen LogP) is 3.72. The number of hydrogen-bond acceptors (Lipinski definition) is 3. The highest BCUT2D eigenvalue weighted by Crippen LogP contribution is 2.43. The molecule has 1 aliphatic heterocycles. The molecule has 0 aromatic heterocycles. The fraction of sp³-hybridized carbons (Fsp3) is 0.571. The van der Waals surface area contributed by atoms with Crippen LogP contribution in [0.5, 0.6) is 5.75 Å². The van der Waals surface area contributed by atoms with Crippen molar-refractivity contribution in [3.05, 3.63) is 33.9 Å². The number of fused-ring (bicyclic) bond motifs is 1. The number of nitro groups is 1. The lowest BCUT2D eigenvalue weighted by Gasteiger charge is -2.45. The fourth-order valence-electron chi connectivity index (χ4n) is 2.17. The standard InChI is InChI=1S/C14H19NO3/c1-13(2,3)14(4)8-7-10-9-11(15(16)17)5-6-12(10)18-14/h5-6,9H,7-8H2,1-4H3. The van der Waals surface area contributed by atoms with Gasteiger partial charge in [0.05, 0.1) is 4.92 Å². The van der Waals surface area contributed by atoms with Gasteiger partial charge in [-0.25, -0.2) is 0 Å². The van der Waals surface area contributed by atoms with Gasteiger partial charge in [0, 0.05) is 23.1 Å². The summed E-state index contributed by atoms with van der Waals surface area (Å²) in [5, 5.41) is 10.7. The topological polar surface area (TPSA) is 52.4 Å². The Morgan fingerprint density at radius 3 is 2.61 bits per heavy atom. The highest BCUT2D eigenvalue weighted by Gasteiger charge is 2.42. The molecule has 1 aliphatic rings. The molecule has 0 fully saturated rings. The first kappa shape index (κ1) is 12.9. The minimum Gasteiger partial charge on any atom is -0.487 e. The van der Waals surface area contributed by atoms with E-state index in [1.54, 1.807) is 12.1 Å². The molecule has 98 valence electrons. The lowest BCUT2D eigenvalue weighted by Crippen LogP contribution is -2.47. The Morgan fingerprint density at radius 1 is 1.39 bits per heavy atom. The Kier molecular flexibility index (Phi) is 2.84. The number of non-ortho nitro benzene ring substituents is 1. The van der Waals surface area contributed by atoms with E-state index in [2.05, 4.69) is 27.7 Å². The van der Waals surface area contributed by atoms with Crippen LogP contribution in [-0.4, -0.2) is 10.5 Å². The SMILES string of the molecule is CC(C)(C)C1(C)CCc2cc([N+](=O)[O-])ccc2O1. The van der Waals surface area contributed by atoms with E-state index in [1.807, 2.05) is 0 Å². The second kappa shape index (κ2) is 3.97. The van der Waals surface area contributed by atoms with Gasteiger partial charge in [-0.05, 0) is 25.8 Å². The maximum absolute atomic E-state index is 10.7. The summed E-state index contributed by atoms with van der Waals surface area (Å²) in [5.41, 5.74) is 0.880. The van der Waals surface area contributed by atoms with Gasteiger partial charge < -0.3 is 4.74 Å². The van der Waals surface area contributed by atoms with Crippen LogP contribution in [0.1, 0.15) is 39.7 Å². The summed E-state index contributed by atoms with van der Waals surface area (Å²) < 4.78 is 6.10. The van der Waals surface area contributed by atoms with Crippen LogP contribution in [0.3, 0.4) is 0 Å². The maximum atomic E-state index is 10.7. The van der Waals surface area contributed by atoms with Crippen molar-refractivity contribution in [2.45, 2.75) is 46.1 Å². The summed E-state index contributed by atoms with van der Waals surface area (Å²) in [6.45, 7) is 8.58. The molecule has 1 heterocycles. The highest BCUT2D eigenvalue weighted by molar-refractivity contribution is 5.45. The van der Waals surface area contributed by atoms with Crippen LogP contribution >= 0.6 is 0 Å². The van der Waals surface area contributed by atoms with E-state index in [4.69, 9.17) is 4.74 Å². The molecule has 1 unspecified atom stereocenters. The van der Waals surface area contributed by atoms with Crippen LogP contribution in [0, 0.1) is 15.5 Å². The summed E-state index contributed by atoms with van der Waals surface area (Å²) >= 11 is 0. The maximum Gasteiger partial charge on any atom is 0.269 e. The van der Waals surface area contributed by atoms with E-state index in [0.717, 1.165) is 24.2 Å². The van der Waals surface area contributed by atoms with Gasteiger partial charge in [-0.15, -0.1) is 0 Å². The van der Waals surface area contributed by atoms with E-state index in [1.165, 1.54) is 6.07 Å². The first-order valence-corrected chi connectivity index (χ1v) is 6.19. The molecule has 1 atom stereocenters. The molecular formula is C14H19NO3. The van der Waals surface area contributed by atoms with Gasteiger partial charge >= 0.3 is 0 Å². The largest absolute Gasteiger partial charge is 0.487 e. The summed E-state index contributed by atoms with van der Waals surface area (Å²) in [7, 11) is 0. The van der Waals surface area contributed by atoms with Crippen molar-refractivity contribution in [1.82, 2.24) is 0 Å². The Balaban J connectivity index is 2.34. The van der Waals surface area contributed by atoms with Gasteiger partial charge in [-0.2, -0.15) is 0 Å². The molecule has 0 saturated heterocycles. The van der Waals surface area contributed by atoms with Gasteiger partial charge in [0.25, 0.3) is 5.69 Å². The first-order valence-electron chi connectivity index (χ1n) is 6.19. The van der Waals surface area contributed by atoms with Crippen LogP contribution in [0.2, 0.25) is 0 Å². The van der Waals surface area contributed by atoms with Crippen molar-refractivity contribution in [2.75, 3.05) is 0 Å².